The number of aliphatic hydroxyl groups excluding tert-OH is 1. The first-order valence-electron chi connectivity index (χ1n) is 2.30. The second kappa shape index (κ2) is 1.94. The minimum atomic E-state index is -0.998. The molecule has 0 aromatic rings. The summed E-state index contributed by atoms with van der Waals surface area (Å²) in [7, 11) is 0. The molecule has 1 aliphatic rings. The van der Waals surface area contributed by atoms with Crippen molar-refractivity contribution in [3.05, 3.63) is 0 Å². The fourth-order valence-electron chi connectivity index (χ4n) is 0.416. The molecule has 0 spiro atoms. The van der Waals surface area contributed by atoms with Crippen molar-refractivity contribution < 1.29 is 9.90 Å². The summed E-state index contributed by atoms with van der Waals surface area (Å²) in [6.07, 6.45) is 0.0488. The van der Waals surface area contributed by atoms with Crippen molar-refractivity contribution in [3.63, 3.8) is 0 Å². The number of aliphatic imine (C=N–C) groups is 2. The Morgan fingerprint density at radius 3 is 2.89 bits per heavy atom. The Morgan fingerprint density at radius 2 is 2.44 bits per heavy atom. The average Bonchev–Trinajstić information content (AvgIpc) is 1.80. The van der Waals surface area contributed by atoms with Crippen LogP contribution in [0.5, 0.6) is 0 Å². The summed E-state index contributed by atoms with van der Waals surface area (Å²) >= 11 is 0. The van der Waals surface area contributed by atoms with Gasteiger partial charge in [0.1, 0.15) is 11.9 Å². The molecule has 2 amide bonds. The summed E-state index contributed by atoms with van der Waals surface area (Å²) in [5.74, 6) is -0.102. The van der Waals surface area contributed by atoms with E-state index >= 15 is 0 Å². The molecule has 3 N–H and O–H groups in total. The summed E-state index contributed by atoms with van der Waals surface area (Å²) in [6.45, 7) is 0. The van der Waals surface area contributed by atoms with Crippen LogP contribution in [0.25, 0.3) is 0 Å². The number of carbonyl (C=O) groups is 1. The van der Waals surface area contributed by atoms with Crippen LogP contribution >= 0.6 is 0 Å². The van der Waals surface area contributed by atoms with Crippen LogP contribution in [0.1, 0.15) is 0 Å². The smallest absolute Gasteiger partial charge is 0.368 e. The minimum absolute atomic E-state index is 0.102. The number of nitrogens with two attached hydrogens (primary N) is 1. The third-order valence-corrected chi connectivity index (χ3v) is 0.854. The maximum atomic E-state index is 10.2. The van der Waals surface area contributed by atoms with Crippen molar-refractivity contribution in [2.75, 3.05) is 0 Å². The largest absolute Gasteiger partial charge is 0.384 e. The summed E-state index contributed by atoms with van der Waals surface area (Å²) in [4.78, 5) is 16.6. The van der Waals surface area contributed by atoms with E-state index in [1.165, 1.54) is 0 Å². The lowest BCUT2D eigenvalue weighted by molar-refractivity contribution is 0.254. The van der Waals surface area contributed by atoms with Gasteiger partial charge in [0.2, 0.25) is 0 Å². The van der Waals surface area contributed by atoms with Gasteiger partial charge in [-0.05, 0) is 0 Å². The first-order chi connectivity index (χ1) is 4.20. The van der Waals surface area contributed by atoms with Crippen LogP contribution < -0.4 is 5.73 Å². The average molecular weight is 127 g/mol. The van der Waals surface area contributed by atoms with E-state index in [1.54, 1.807) is 0 Å². The van der Waals surface area contributed by atoms with Crippen LogP contribution in [0.4, 0.5) is 4.79 Å². The third-order valence-electron chi connectivity index (χ3n) is 0.854. The second-order valence-electron chi connectivity index (χ2n) is 1.54. The Kier molecular flexibility index (Phi) is 1.27. The fraction of sp³-hybridized carbons (Fsp3) is 0.250. The molecular formula is C4H5N3O2. The quantitative estimate of drug-likeness (QED) is 0.433. The molecule has 0 radical (unpaired) electrons. The lowest BCUT2D eigenvalue weighted by Crippen LogP contribution is -2.33. The molecule has 1 aliphatic heterocycles. The number of hydrogen-bond donors (Lipinski definition) is 2. The van der Waals surface area contributed by atoms with Gasteiger partial charge in [0.15, 0.2) is 0 Å². The predicted molar refractivity (Wildman–Crippen MR) is 31.5 cm³/mol. The normalized spacial score (nSPS) is 26.1. The van der Waals surface area contributed by atoms with Crippen LogP contribution in [0, 0.1) is 0 Å². The highest BCUT2D eigenvalue weighted by Crippen LogP contribution is 1.91. The zero-order valence-corrected chi connectivity index (χ0v) is 4.48. The number of amides is 2. The monoisotopic (exact) mass is 127 g/mol. The molecule has 48 valence electrons. The molecule has 0 unspecified atom stereocenters. The predicted octanol–water partition coefficient (Wildman–Crippen LogP) is -1.09. The number of hydrogen-bond acceptors (Lipinski definition) is 3. The van der Waals surface area contributed by atoms with E-state index in [-0.39, 0.29) is 5.84 Å². The summed E-state index contributed by atoms with van der Waals surface area (Å²) in [5, 5.41) is 8.74. The molecule has 1 rings (SSSR count). The number of rotatable bonds is 0. The Labute approximate surface area is 50.9 Å². The fourth-order valence-corrected chi connectivity index (χ4v) is 0.416. The number of carbonyl (C=O) groups excluding carboxylic acids is 1. The molecule has 1 atom stereocenters. The van der Waals surface area contributed by atoms with Gasteiger partial charge in [-0.2, -0.15) is 4.99 Å². The maximum absolute atomic E-state index is 10.2. The molecule has 1 heterocycles. The van der Waals surface area contributed by atoms with Crippen molar-refractivity contribution in [1.82, 2.24) is 0 Å². The van der Waals surface area contributed by atoms with E-state index in [0.717, 1.165) is 6.21 Å². The molecule has 5 heteroatoms. The van der Waals surface area contributed by atoms with E-state index in [9.17, 15) is 4.79 Å². The Bertz CT molecular complexity index is 196. The van der Waals surface area contributed by atoms with E-state index in [1.807, 2.05) is 0 Å². The van der Waals surface area contributed by atoms with E-state index in [2.05, 4.69) is 9.98 Å². The minimum Gasteiger partial charge on any atom is -0.384 e. The van der Waals surface area contributed by atoms with Crippen molar-refractivity contribution in [3.8, 4) is 0 Å². The highest BCUT2D eigenvalue weighted by molar-refractivity contribution is 6.09. The summed E-state index contributed by atoms with van der Waals surface area (Å²) in [6, 6.07) is -0.669. The van der Waals surface area contributed by atoms with Crippen LogP contribution in [-0.4, -0.2) is 29.3 Å². The Hall–Kier alpha value is -1.23. The van der Waals surface area contributed by atoms with Gasteiger partial charge < -0.3 is 10.8 Å². The number of amidine groups is 1. The molecule has 0 bridgehead atoms. The second-order valence-corrected chi connectivity index (χ2v) is 1.54. The van der Waals surface area contributed by atoms with Crippen LogP contribution in [0.3, 0.4) is 0 Å². The lowest BCUT2D eigenvalue weighted by atomic mass is 10.3. The van der Waals surface area contributed by atoms with Crippen LogP contribution in [-0.2, 0) is 0 Å². The maximum Gasteiger partial charge on any atom is 0.368 e. The van der Waals surface area contributed by atoms with Gasteiger partial charge >= 0.3 is 6.03 Å². The van der Waals surface area contributed by atoms with Gasteiger partial charge in [-0.1, -0.05) is 0 Å². The summed E-state index contributed by atoms with van der Waals surface area (Å²) < 4.78 is 0. The highest BCUT2D eigenvalue weighted by atomic mass is 16.3. The first kappa shape index (κ1) is 5.90. The van der Waals surface area contributed by atoms with Crippen LogP contribution in [0.15, 0.2) is 9.98 Å². The van der Waals surface area contributed by atoms with E-state index in [0.29, 0.717) is 0 Å². The molecule has 9 heavy (non-hydrogen) atoms. The Balaban J connectivity index is 2.82. The first-order valence-corrected chi connectivity index (χ1v) is 2.30. The van der Waals surface area contributed by atoms with Gasteiger partial charge in [-0.15, -0.1) is 0 Å². The van der Waals surface area contributed by atoms with Gasteiger partial charge in [0.25, 0.3) is 0 Å². The van der Waals surface area contributed by atoms with Crippen molar-refractivity contribution >= 4 is 18.1 Å². The van der Waals surface area contributed by atoms with E-state index in [4.69, 9.17) is 10.8 Å². The van der Waals surface area contributed by atoms with Gasteiger partial charge in [-0.25, -0.2) is 9.79 Å². The number of urea groups is 1. The summed E-state index contributed by atoms with van der Waals surface area (Å²) in [5.41, 5.74) is 5.06. The highest BCUT2D eigenvalue weighted by Gasteiger charge is 2.12. The SMILES string of the molecule is NC1=NC(=O)N=C[C@@H]1O. The van der Waals surface area contributed by atoms with E-state index < -0.39 is 12.1 Å². The van der Waals surface area contributed by atoms with Gasteiger partial charge in [-0.3, -0.25) is 0 Å². The van der Waals surface area contributed by atoms with Crippen molar-refractivity contribution in [1.29, 1.82) is 0 Å². The topological polar surface area (TPSA) is 88.0 Å². The van der Waals surface area contributed by atoms with Crippen molar-refractivity contribution in [2.24, 2.45) is 15.7 Å². The molecule has 0 aliphatic carbocycles. The molecule has 0 saturated heterocycles. The lowest BCUT2D eigenvalue weighted by Gasteiger charge is -2.04. The van der Waals surface area contributed by atoms with Crippen LogP contribution in [0.2, 0.25) is 0 Å². The molecule has 5 nitrogen and oxygen atoms in total. The third kappa shape index (κ3) is 1.11. The molecule has 0 saturated carbocycles. The number of nitrogens with zero attached hydrogens (tertiary/aromatic N) is 2. The molecule has 0 fully saturated rings. The molecule has 0 aromatic carbocycles. The standard InChI is InChI=1S/C4H5N3O2/c5-3-2(8)1-6-4(9)7-3/h1-2,8H,(H2,5,7,9)/t2-/m0/s1. The zero-order chi connectivity index (χ0) is 6.85. The Morgan fingerprint density at radius 1 is 1.78 bits per heavy atom. The van der Waals surface area contributed by atoms with Gasteiger partial charge in [0.05, 0.1) is 0 Å². The molecule has 0 aromatic heterocycles. The zero-order valence-electron chi connectivity index (χ0n) is 4.48. The van der Waals surface area contributed by atoms with Crippen molar-refractivity contribution in [2.45, 2.75) is 6.10 Å². The molecular weight excluding hydrogens is 122 g/mol. The van der Waals surface area contributed by atoms with Gasteiger partial charge in [0, 0.05) is 6.21 Å². The number of aliphatic hydroxyl groups is 1.